The average Bonchev–Trinajstić information content (AvgIpc) is 2.13. The highest BCUT2D eigenvalue weighted by atomic mass is 32.2. The molecule has 1 aromatic carbocycles. The Labute approximate surface area is 109 Å². The predicted octanol–water partition coefficient (Wildman–Crippen LogP) is 0.806. The first kappa shape index (κ1) is 14.9. The molecule has 0 heterocycles. The van der Waals surface area contributed by atoms with Gasteiger partial charge in [0, 0.05) is 12.6 Å². The summed E-state index contributed by atoms with van der Waals surface area (Å²) < 4.78 is 26.9. The van der Waals surface area contributed by atoms with Crippen LogP contribution in [-0.4, -0.2) is 40.0 Å². The van der Waals surface area contributed by atoms with Crippen molar-refractivity contribution < 1.29 is 8.42 Å². The van der Waals surface area contributed by atoms with E-state index in [1.165, 1.54) is 6.07 Å². The predicted molar refractivity (Wildman–Crippen MR) is 73.9 cm³/mol. The number of nitrogens with one attached hydrogen (secondary N) is 1. The van der Waals surface area contributed by atoms with Gasteiger partial charge in [-0.3, -0.25) is 0 Å². The Morgan fingerprint density at radius 1 is 1.39 bits per heavy atom. The Morgan fingerprint density at radius 2 is 2.00 bits per heavy atom. The zero-order chi connectivity index (χ0) is 13.9. The van der Waals surface area contributed by atoms with E-state index in [9.17, 15) is 8.42 Å². The second-order valence-electron chi connectivity index (χ2n) is 4.83. The van der Waals surface area contributed by atoms with Crippen molar-refractivity contribution in [2.75, 3.05) is 26.4 Å². The molecule has 6 heteroatoms. The number of likely N-dealkylation sites (N-methyl/N-ethyl adjacent to an activating group) is 1. The van der Waals surface area contributed by atoms with Crippen molar-refractivity contribution in [1.29, 1.82) is 0 Å². The molecule has 0 aliphatic carbocycles. The van der Waals surface area contributed by atoms with E-state index in [-0.39, 0.29) is 16.6 Å². The Hall–Kier alpha value is -1.11. The van der Waals surface area contributed by atoms with Gasteiger partial charge in [0.15, 0.2) is 0 Å². The standard InChI is InChI=1S/C12H21N3O2S/c1-9-5-6-12(11(13)7-9)18(16,17)14-10(2)8-15(3)4/h5-7,10,14H,8,13H2,1-4H3. The SMILES string of the molecule is Cc1ccc(S(=O)(=O)NC(C)CN(C)C)c(N)c1. The van der Waals surface area contributed by atoms with Gasteiger partial charge < -0.3 is 10.6 Å². The van der Waals surface area contributed by atoms with Crippen molar-refractivity contribution in [3.63, 3.8) is 0 Å². The minimum atomic E-state index is -3.55. The lowest BCUT2D eigenvalue weighted by molar-refractivity contribution is 0.370. The van der Waals surface area contributed by atoms with Gasteiger partial charge in [-0.25, -0.2) is 13.1 Å². The lowest BCUT2D eigenvalue weighted by Crippen LogP contribution is -2.39. The van der Waals surface area contributed by atoms with E-state index in [1.807, 2.05) is 32.8 Å². The van der Waals surface area contributed by atoms with E-state index in [0.29, 0.717) is 6.54 Å². The number of benzene rings is 1. The molecule has 1 rings (SSSR count). The molecule has 0 radical (unpaired) electrons. The fraction of sp³-hybridized carbons (Fsp3) is 0.500. The van der Waals surface area contributed by atoms with Gasteiger partial charge in [-0.1, -0.05) is 6.07 Å². The highest BCUT2D eigenvalue weighted by Crippen LogP contribution is 2.19. The number of anilines is 1. The first-order chi connectivity index (χ1) is 8.22. The van der Waals surface area contributed by atoms with Crippen LogP contribution in [0.25, 0.3) is 0 Å². The molecule has 1 atom stereocenters. The van der Waals surface area contributed by atoms with Crippen molar-refractivity contribution in [2.24, 2.45) is 0 Å². The number of hydrogen-bond donors (Lipinski definition) is 2. The number of nitrogens with two attached hydrogens (primary N) is 1. The molecule has 102 valence electrons. The van der Waals surface area contributed by atoms with Gasteiger partial charge in [-0.05, 0) is 45.6 Å². The Bertz CT molecular complexity index is 512. The normalized spacial score (nSPS) is 13.8. The molecule has 0 fully saturated rings. The summed E-state index contributed by atoms with van der Waals surface area (Å²) in [6, 6.07) is 4.76. The third-order valence-electron chi connectivity index (χ3n) is 2.45. The quantitative estimate of drug-likeness (QED) is 0.777. The topological polar surface area (TPSA) is 75.4 Å². The van der Waals surface area contributed by atoms with Crippen molar-refractivity contribution in [1.82, 2.24) is 9.62 Å². The minimum absolute atomic E-state index is 0.138. The molecule has 5 nitrogen and oxygen atoms in total. The lowest BCUT2D eigenvalue weighted by Gasteiger charge is -2.19. The van der Waals surface area contributed by atoms with E-state index in [2.05, 4.69) is 4.72 Å². The van der Waals surface area contributed by atoms with Crippen LogP contribution in [0.5, 0.6) is 0 Å². The first-order valence-corrected chi connectivity index (χ1v) is 7.24. The fourth-order valence-corrected chi connectivity index (χ4v) is 3.17. The van der Waals surface area contributed by atoms with E-state index < -0.39 is 10.0 Å². The average molecular weight is 271 g/mol. The third kappa shape index (κ3) is 3.97. The largest absolute Gasteiger partial charge is 0.398 e. The second kappa shape index (κ2) is 5.69. The highest BCUT2D eigenvalue weighted by molar-refractivity contribution is 7.89. The first-order valence-electron chi connectivity index (χ1n) is 5.75. The lowest BCUT2D eigenvalue weighted by atomic mass is 10.2. The summed E-state index contributed by atoms with van der Waals surface area (Å²) in [5.74, 6) is 0. The van der Waals surface area contributed by atoms with Crippen molar-refractivity contribution >= 4 is 15.7 Å². The van der Waals surface area contributed by atoms with Gasteiger partial charge in [0.2, 0.25) is 10.0 Å². The molecule has 0 saturated carbocycles. The number of hydrogen-bond acceptors (Lipinski definition) is 4. The smallest absolute Gasteiger partial charge is 0.242 e. The Balaban J connectivity index is 2.93. The molecule has 0 amide bonds. The molecule has 3 N–H and O–H groups in total. The van der Waals surface area contributed by atoms with E-state index in [4.69, 9.17) is 5.73 Å². The molecule has 18 heavy (non-hydrogen) atoms. The minimum Gasteiger partial charge on any atom is -0.398 e. The van der Waals surface area contributed by atoms with E-state index >= 15 is 0 Å². The summed E-state index contributed by atoms with van der Waals surface area (Å²) in [7, 11) is 0.234. The maximum absolute atomic E-state index is 12.1. The molecule has 0 aliphatic heterocycles. The van der Waals surface area contributed by atoms with Crippen LogP contribution in [0.2, 0.25) is 0 Å². The molecular formula is C12H21N3O2S. The Morgan fingerprint density at radius 3 is 2.50 bits per heavy atom. The van der Waals surface area contributed by atoms with Crippen LogP contribution < -0.4 is 10.5 Å². The number of sulfonamides is 1. The number of nitrogen functional groups attached to an aromatic ring is 1. The van der Waals surface area contributed by atoms with Gasteiger partial charge in [0.05, 0.1) is 5.69 Å². The van der Waals surface area contributed by atoms with Crippen LogP contribution in [0, 0.1) is 6.92 Å². The molecule has 0 spiro atoms. The van der Waals surface area contributed by atoms with Gasteiger partial charge in [0.1, 0.15) is 4.90 Å². The number of nitrogens with zero attached hydrogens (tertiary/aromatic N) is 1. The van der Waals surface area contributed by atoms with Gasteiger partial charge in [-0.2, -0.15) is 0 Å². The van der Waals surface area contributed by atoms with E-state index in [1.54, 1.807) is 12.1 Å². The van der Waals surface area contributed by atoms with Crippen molar-refractivity contribution in [3.8, 4) is 0 Å². The van der Waals surface area contributed by atoms with Crippen LogP contribution in [0.3, 0.4) is 0 Å². The maximum atomic E-state index is 12.1. The van der Waals surface area contributed by atoms with Crippen LogP contribution >= 0.6 is 0 Å². The number of aryl methyl sites for hydroxylation is 1. The van der Waals surface area contributed by atoms with Crippen molar-refractivity contribution in [3.05, 3.63) is 23.8 Å². The summed E-state index contributed by atoms with van der Waals surface area (Å²) in [5, 5.41) is 0. The molecule has 1 aromatic rings. The molecule has 1 unspecified atom stereocenters. The molecule has 0 aliphatic rings. The van der Waals surface area contributed by atoms with Gasteiger partial charge >= 0.3 is 0 Å². The molecular weight excluding hydrogens is 250 g/mol. The summed E-state index contributed by atoms with van der Waals surface area (Å²) in [6.45, 7) is 4.32. The monoisotopic (exact) mass is 271 g/mol. The molecule has 0 saturated heterocycles. The van der Waals surface area contributed by atoms with Crippen LogP contribution in [0.1, 0.15) is 12.5 Å². The summed E-state index contributed by atoms with van der Waals surface area (Å²) >= 11 is 0. The number of rotatable bonds is 5. The zero-order valence-corrected chi connectivity index (χ0v) is 12.1. The summed E-state index contributed by atoms with van der Waals surface area (Å²) in [4.78, 5) is 2.06. The zero-order valence-electron chi connectivity index (χ0n) is 11.3. The van der Waals surface area contributed by atoms with Crippen LogP contribution in [0.15, 0.2) is 23.1 Å². The summed E-state index contributed by atoms with van der Waals surface area (Å²) in [5.41, 5.74) is 6.97. The van der Waals surface area contributed by atoms with E-state index in [0.717, 1.165) is 5.56 Å². The highest BCUT2D eigenvalue weighted by Gasteiger charge is 2.20. The Kier molecular flexibility index (Phi) is 4.72. The van der Waals surface area contributed by atoms with Crippen LogP contribution in [-0.2, 0) is 10.0 Å². The maximum Gasteiger partial charge on any atom is 0.242 e. The fourth-order valence-electron chi connectivity index (χ4n) is 1.83. The third-order valence-corrected chi connectivity index (χ3v) is 4.11. The van der Waals surface area contributed by atoms with Gasteiger partial charge in [-0.15, -0.1) is 0 Å². The van der Waals surface area contributed by atoms with Crippen LogP contribution in [0.4, 0.5) is 5.69 Å². The molecule has 0 aromatic heterocycles. The van der Waals surface area contributed by atoms with Gasteiger partial charge in [0.25, 0.3) is 0 Å². The second-order valence-corrected chi connectivity index (χ2v) is 6.51. The summed E-state index contributed by atoms with van der Waals surface area (Å²) in [6.07, 6.45) is 0. The molecule has 0 bridgehead atoms. The van der Waals surface area contributed by atoms with Crippen molar-refractivity contribution in [2.45, 2.75) is 24.8 Å².